The maximum absolute atomic E-state index is 14.1. The average Bonchev–Trinajstić information content (AvgIpc) is 2.71. The zero-order chi connectivity index (χ0) is 20.5. The monoisotopic (exact) mass is 444 g/mol. The van der Waals surface area contributed by atoms with Crippen molar-refractivity contribution < 1.29 is 9.18 Å². The van der Waals surface area contributed by atoms with Crippen molar-refractivity contribution in [2.45, 2.75) is 0 Å². The van der Waals surface area contributed by atoms with Gasteiger partial charge in [0.05, 0.1) is 32.5 Å². The van der Waals surface area contributed by atoms with Gasteiger partial charge in [-0.05, 0) is 42.5 Å². The molecule has 4 rings (SSSR count). The Morgan fingerprint density at radius 1 is 0.897 bits per heavy atom. The molecule has 0 fully saturated rings. The highest BCUT2D eigenvalue weighted by Crippen LogP contribution is 2.30. The molecule has 29 heavy (non-hydrogen) atoms. The molecule has 0 bridgehead atoms. The molecule has 0 radical (unpaired) electrons. The van der Waals surface area contributed by atoms with Gasteiger partial charge in [-0.15, -0.1) is 0 Å². The minimum Gasteiger partial charge on any atom is -0.319 e. The molecule has 0 saturated heterocycles. The van der Waals surface area contributed by atoms with Crippen molar-refractivity contribution in [1.82, 2.24) is 4.98 Å². The Morgan fingerprint density at radius 3 is 2.45 bits per heavy atom. The van der Waals surface area contributed by atoms with E-state index in [2.05, 4.69) is 10.3 Å². The van der Waals surface area contributed by atoms with E-state index < -0.39 is 11.7 Å². The Hall–Kier alpha value is -2.66. The molecule has 7 heteroatoms. The maximum Gasteiger partial charge on any atom is 0.256 e. The number of rotatable bonds is 3. The van der Waals surface area contributed by atoms with E-state index in [0.29, 0.717) is 37.8 Å². The third-order valence-electron chi connectivity index (χ3n) is 4.36. The van der Waals surface area contributed by atoms with Gasteiger partial charge in [0.2, 0.25) is 0 Å². The first-order valence-electron chi connectivity index (χ1n) is 8.54. The van der Waals surface area contributed by atoms with E-state index in [9.17, 15) is 9.18 Å². The highest BCUT2D eigenvalue weighted by molar-refractivity contribution is 6.42. The molecule has 0 aliphatic carbocycles. The summed E-state index contributed by atoms with van der Waals surface area (Å²) in [5, 5.41) is 4.29. The van der Waals surface area contributed by atoms with Gasteiger partial charge >= 0.3 is 0 Å². The fourth-order valence-corrected chi connectivity index (χ4v) is 3.40. The van der Waals surface area contributed by atoms with Crippen LogP contribution < -0.4 is 5.32 Å². The van der Waals surface area contributed by atoms with Crippen molar-refractivity contribution in [3.8, 4) is 11.3 Å². The molecule has 0 spiro atoms. The fourth-order valence-electron chi connectivity index (χ4n) is 2.95. The SMILES string of the molecule is O=C(Nc1ccc(Cl)cc1F)c1cc(-c2ccc(Cl)c(Cl)c2)nc2ccccc12. The van der Waals surface area contributed by atoms with Crippen molar-refractivity contribution in [2.24, 2.45) is 0 Å². The Balaban J connectivity index is 1.82. The van der Waals surface area contributed by atoms with Gasteiger partial charge in [0.15, 0.2) is 0 Å². The predicted molar refractivity (Wildman–Crippen MR) is 117 cm³/mol. The molecule has 0 saturated carbocycles. The standard InChI is InChI=1S/C22H12Cl3FN2O/c23-13-6-8-20(18(26)10-13)28-22(29)15-11-21(12-5-7-16(24)17(25)9-12)27-19-4-2-1-3-14(15)19/h1-11H,(H,28,29). The highest BCUT2D eigenvalue weighted by Gasteiger charge is 2.16. The number of carbonyl (C=O) groups excluding carboxylic acids is 1. The van der Waals surface area contributed by atoms with Gasteiger partial charge in [-0.2, -0.15) is 0 Å². The van der Waals surface area contributed by atoms with Crippen molar-refractivity contribution in [3.05, 3.63) is 93.2 Å². The van der Waals surface area contributed by atoms with E-state index in [1.807, 2.05) is 12.1 Å². The lowest BCUT2D eigenvalue weighted by molar-refractivity contribution is 0.102. The normalized spacial score (nSPS) is 10.9. The Bertz CT molecular complexity index is 1260. The Morgan fingerprint density at radius 2 is 1.69 bits per heavy atom. The lowest BCUT2D eigenvalue weighted by Gasteiger charge is -2.12. The molecule has 1 amide bonds. The maximum atomic E-state index is 14.1. The van der Waals surface area contributed by atoms with Gasteiger partial charge in [-0.3, -0.25) is 4.79 Å². The third kappa shape index (κ3) is 4.06. The smallest absolute Gasteiger partial charge is 0.256 e. The number of halogens is 4. The second-order valence-corrected chi connectivity index (χ2v) is 7.53. The van der Waals surface area contributed by atoms with Gasteiger partial charge in [-0.1, -0.05) is 59.1 Å². The first-order valence-corrected chi connectivity index (χ1v) is 9.67. The number of hydrogen-bond acceptors (Lipinski definition) is 2. The third-order valence-corrected chi connectivity index (χ3v) is 5.33. The number of nitrogens with zero attached hydrogens (tertiary/aromatic N) is 1. The lowest BCUT2D eigenvalue weighted by Crippen LogP contribution is -2.14. The van der Waals surface area contributed by atoms with Crippen LogP contribution in [0.2, 0.25) is 15.1 Å². The van der Waals surface area contributed by atoms with Crippen LogP contribution in [0.1, 0.15) is 10.4 Å². The Labute approximate surface area is 181 Å². The summed E-state index contributed by atoms with van der Waals surface area (Å²) in [6, 6.07) is 18.0. The first-order chi connectivity index (χ1) is 13.9. The first kappa shape index (κ1) is 19.6. The van der Waals surface area contributed by atoms with Crippen LogP contribution in [0.4, 0.5) is 10.1 Å². The van der Waals surface area contributed by atoms with Crippen LogP contribution in [-0.2, 0) is 0 Å². The zero-order valence-corrected chi connectivity index (χ0v) is 17.0. The number of aromatic nitrogens is 1. The number of benzene rings is 3. The fraction of sp³-hybridized carbons (Fsp3) is 0. The van der Waals surface area contributed by atoms with Crippen LogP contribution in [0.5, 0.6) is 0 Å². The van der Waals surface area contributed by atoms with Gasteiger partial charge in [0.1, 0.15) is 5.82 Å². The number of anilines is 1. The van der Waals surface area contributed by atoms with Gasteiger partial charge in [-0.25, -0.2) is 9.37 Å². The zero-order valence-electron chi connectivity index (χ0n) is 14.7. The second kappa shape index (κ2) is 7.99. The topological polar surface area (TPSA) is 42.0 Å². The number of fused-ring (bicyclic) bond motifs is 1. The van der Waals surface area contributed by atoms with Crippen molar-refractivity contribution >= 4 is 57.3 Å². The minimum absolute atomic E-state index is 0.0383. The molecular weight excluding hydrogens is 434 g/mol. The number of para-hydroxylation sites is 1. The molecule has 0 aliphatic rings. The number of amides is 1. The largest absolute Gasteiger partial charge is 0.319 e. The van der Waals surface area contributed by atoms with Crippen molar-refractivity contribution in [2.75, 3.05) is 5.32 Å². The van der Waals surface area contributed by atoms with Crippen LogP contribution in [0.25, 0.3) is 22.2 Å². The van der Waals surface area contributed by atoms with Crippen LogP contribution in [0.3, 0.4) is 0 Å². The quantitative estimate of drug-likeness (QED) is 0.361. The predicted octanol–water partition coefficient (Wildman–Crippen LogP) is 7.25. The molecular formula is C22H12Cl3FN2O. The van der Waals surface area contributed by atoms with E-state index in [-0.39, 0.29) is 10.7 Å². The van der Waals surface area contributed by atoms with E-state index in [1.54, 1.807) is 36.4 Å². The molecule has 144 valence electrons. The van der Waals surface area contributed by atoms with Crippen molar-refractivity contribution in [3.63, 3.8) is 0 Å². The molecule has 3 aromatic carbocycles. The van der Waals surface area contributed by atoms with E-state index in [0.717, 1.165) is 6.07 Å². The van der Waals surface area contributed by atoms with Gasteiger partial charge in [0, 0.05) is 16.0 Å². The number of pyridine rings is 1. The Kier molecular flexibility index (Phi) is 5.41. The summed E-state index contributed by atoms with van der Waals surface area (Å²) >= 11 is 17.9. The summed E-state index contributed by atoms with van der Waals surface area (Å²) in [5.74, 6) is -1.08. The minimum atomic E-state index is -0.617. The second-order valence-electron chi connectivity index (χ2n) is 6.28. The molecule has 0 aliphatic heterocycles. The van der Waals surface area contributed by atoms with Crippen molar-refractivity contribution in [1.29, 1.82) is 0 Å². The average molecular weight is 446 g/mol. The molecule has 1 aromatic heterocycles. The van der Waals surface area contributed by atoms with Gasteiger partial charge in [0.25, 0.3) is 5.91 Å². The number of hydrogen-bond donors (Lipinski definition) is 1. The molecule has 4 aromatic rings. The van der Waals surface area contributed by atoms with Crippen LogP contribution in [0, 0.1) is 5.82 Å². The van der Waals surface area contributed by atoms with E-state index in [1.165, 1.54) is 12.1 Å². The number of nitrogens with one attached hydrogen (secondary N) is 1. The summed E-state index contributed by atoms with van der Waals surface area (Å²) in [4.78, 5) is 17.6. The van der Waals surface area contributed by atoms with Crippen LogP contribution >= 0.6 is 34.8 Å². The van der Waals surface area contributed by atoms with Gasteiger partial charge < -0.3 is 5.32 Å². The molecule has 1 N–H and O–H groups in total. The summed E-state index contributed by atoms with van der Waals surface area (Å²) < 4.78 is 14.1. The molecule has 1 heterocycles. The summed E-state index contributed by atoms with van der Waals surface area (Å²) in [5.41, 5.74) is 2.26. The molecule has 0 unspecified atom stereocenters. The summed E-state index contributed by atoms with van der Waals surface area (Å²) in [7, 11) is 0. The van der Waals surface area contributed by atoms with Crippen LogP contribution in [-0.4, -0.2) is 10.9 Å². The van der Waals surface area contributed by atoms with E-state index in [4.69, 9.17) is 34.8 Å². The van der Waals surface area contributed by atoms with E-state index >= 15 is 0 Å². The summed E-state index contributed by atoms with van der Waals surface area (Å²) in [6.45, 7) is 0. The lowest BCUT2D eigenvalue weighted by atomic mass is 10.0. The number of carbonyl (C=O) groups is 1. The highest BCUT2D eigenvalue weighted by atomic mass is 35.5. The molecule has 0 atom stereocenters. The van der Waals surface area contributed by atoms with Crippen LogP contribution in [0.15, 0.2) is 66.7 Å². The summed E-state index contributed by atoms with van der Waals surface area (Å²) in [6.07, 6.45) is 0. The molecule has 3 nitrogen and oxygen atoms in total.